The first-order valence-electron chi connectivity index (χ1n) is 27.2. The average molecular weight is 995 g/mol. The Bertz CT molecular complexity index is 4180. The number of nitrogens with zero attached hydrogens (tertiary/aromatic N) is 2. The van der Waals surface area contributed by atoms with Gasteiger partial charge in [0.25, 0.3) is 0 Å². The number of rotatable bonds is 8. The lowest BCUT2D eigenvalue weighted by Gasteiger charge is -2.48. The summed E-state index contributed by atoms with van der Waals surface area (Å²) in [4.78, 5) is 0. The molecule has 15 rings (SSSR count). The molecular weight excluding hydrogens is 941 g/mol. The minimum Gasteiger partial charge on any atom is -0.309 e. The largest absolute Gasteiger partial charge is 0.309 e. The van der Waals surface area contributed by atoms with Crippen molar-refractivity contribution in [1.82, 2.24) is 9.13 Å². The Labute approximate surface area is 455 Å². The molecule has 0 radical (unpaired) electrons. The van der Waals surface area contributed by atoms with Crippen LogP contribution in [0.3, 0.4) is 0 Å². The van der Waals surface area contributed by atoms with Gasteiger partial charge in [0.05, 0.1) is 22.1 Å². The monoisotopic (exact) mass is 994 g/mol. The standard InChI is InChI=1S/C76H54N2/c1-75(59-33-17-7-18-34-59)65-41-43-70-72(64-38-22-24-40-68(64)78(70)62-49-57(53-29-13-5-14-30-53)46-58(50-62)54-31-15-6-16-32-54)74(65)76(2,60-35-19-8-20-36-60)66-42-44-69-71(73(66)75)63-37-21-23-39-67(63)77(69)61-47-55(51-25-9-3-10-26-51)45-56(48-61)52-27-11-4-12-28-52/h3-50H,1-2H3. The molecule has 368 valence electrons. The molecule has 0 amide bonds. The number of hydrogen-bond acceptors (Lipinski definition) is 0. The molecule has 0 aliphatic heterocycles. The average Bonchev–Trinajstić information content (AvgIpc) is 2.16. The van der Waals surface area contributed by atoms with Gasteiger partial charge in [-0.3, -0.25) is 0 Å². The summed E-state index contributed by atoms with van der Waals surface area (Å²) in [5.41, 5.74) is 23.1. The van der Waals surface area contributed by atoms with Gasteiger partial charge in [0.15, 0.2) is 0 Å². The normalized spacial score (nSPS) is 15.9. The van der Waals surface area contributed by atoms with Crippen LogP contribution in [0.5, 0.6) is 0 Å². The molecule has 0 spiro atoms. The zero-order valence-electron chi connectivity index (χ0n) is 43.6. The van der Waals surface area contributed by atoms with E-state index >= 15 is 0 Å². The number of aromatic nitrogens is 2. The summed E-state index contributed by atoms with van der Waals surface area (Å²) in [5, 5.41) is 5.04. The van der Waals surface area contributed by atoms with Crippen LogP contribution in [0.1, 0.15) is 47.2 Å². The maximum atomic E-state index is 2.54. The van der Waals surface area contributed by atoms with Crippen molar-refractivity contribution in [3.05, 3.63) is 325 Å². The maximum Gasteiger partial charge on any atom is 0.0544 e. The Kier molecular flexibility index (Phi) is 10.5. The van der Waals surface area contributed by atoms with Crippen molar-refractivity contribution in [1.29, 1.82) is 0 Å². The molecule has 0 bridgehead atoms. The van der Waals surface area contributed by atoms with Crippen molar-refractivity contribution in [3.8, 4) is 55.9 Å². The highest BCUT2D eigenvalue weighted by molar-refractivity contribution is 6.16. The van der Waals surface area contributed by atoms with Crippen LogP contribution in [0, 0.1) is 0 Å². The van der Waals surface area contributed by atoms with Gasteiger partial charge in [-0.15, -0.1) is 0 Å². The van der Waals surface area contributed by atoms with Crippen molar-refractivity contribution >= 4 is 43.6 Å². The molecule has 2 aromatic heterocycles. The van der Waals surface area contributed by atoms with E-state index in [9.17, 15) is 0 Å². The van der Waals surface area contributed by atoms with Crippen LogP contribution in [0.15, 0.2) is 291 Å². The molecule has 1 aliphatic rings. The fraction of sp³-hybridized carbons (Fsp3) is 0.0526. The molecule has 2 heterocycles. The third kappa shape index (κ3) is 6.89. The topological polar surface area (TPSA) is 9.86 Å². The highest BCUT2D eigenvalue weighted by Gasteiger charge is 2.50. The van der Waals surface area contributed by atoms with Gasteiger partial charge in [-0.05, 0) is 152 Å². The van der Waals surface area contributed by atoms with Gasteiger partial charge in [-0.25, -0.2) is 0 Å². The van der Waals surface area contributed by atoms with E-state index in [0.29, 0.717) is 0 Å². The Morgan fingerprint density at radius 1 is 0.244 bits per heavy atom. The van der Waals surface area contributed by atoms with Gasteiger partial charge in [0.1, 0.15) is 0 Å². The molecular formula is C76H54N2. The molecule has 2 atom stereocenters. The third-order valence-electron chi connectivity index (χ3n) is 17.2. The fourth-order valence-electron chi connectivity index (χ4n) is 13.6. The second-order valence-electron chi connectivity index (χ2n) is 21.5. The summed E-state index contributed by atoms with van der Waals surface area (Å²) in [7, 11) is 0. The maximum absolute atomic E-state index is 2.54. The molecule has 2 unspecified atom stereocenters. The van der Waals surface area contributed by atoms with E-state index in [-0.39, 0.29) is 0 Å². The molecule has 0 fully saturated rings. The summed E-state index contributed by atoms with van der Waals surface area (Å²) >= 11 is 0. The van der Waals surface area contributed by atoms with Crippen LogP contribution in [0.4, 0.5) is 0 Å². The van der Waals surface area contributed by atoms with Gasteiger partial charge in [-0.2, -0.15) is 0 Å². The van der Waals surface area contributed by atoms with E-state index in [1.807, 2.05) is 0 Å². The fourth-order valence-corrected chi connectivity index (χ4v) is 13.6. The van der Waals surface area contributed by atoms with Crippen molar-refractivity contribution in [3.63, 3.8) is 0 Å². The van der Waals surface area contributed by atoms with Crippen molar-refractivity contribution in [2.24, 2.45) is 0 Å². The second-order valence-corrected chi connectivity index (χ2v) is 21.5. The summed E-state index contributed by atoms with van der Waals surface area (Å²) in [5.74, 6) is 0. The van der Waals surface area contributed by atoms with Gasteiger partial charge >= 0.3 is 0 Å². The zero-order valence-corrected chi connectivity index (χ0v) is 43.6. The zero-order chi connectivity index (χ0) is 52.0. The molecule has 0 N–H and O–H groups in total. The number of para-hydroxylation sites is 2. The number of hydrogen-bond donors (Lipinski definition) is 0. The molecule has 12 aromatic carbocycles. The van der Waals surface area contributed by atoms with E-state index in [0.717, 1.165) is 11.4 Å². The SMILES string of the molecule is CC1(c2ccccc2)c2ccc3c(c2C(C)(c2ccccc2)c2ccc4c(c21)c1ccccc1n4-c1cc(-c2ccccc2)cc(-c2ccccc2)c1)c1ccccc1n3-c1cc(-c2ccccc2)cc(-c2ccccc2)c1. The van der Waals surface area contributed by atoms with Crippen molar-refractivity contribution in [2.75, 3.05) is 0 Å². The third-order valence-corrected chi connectivity index (χ3v) is 17.2. The molecule has 2 nitrogen and oxygen atoms in total. The highest BCUT2D eigenvalue weighted by atomic mass is 15.0. The van der Waals surface area contributed by atoms with Gasteiger partial charge in [0.2, 0.25) is 0 Å². The molecule has 2 heteroatoms. The van der Waals surface area contributed by atoms with E-state index < -0.39 is 10.8 Å². The highest BCUT2D eigenvalue weighted by Crippen LogP contribution is 2.60. The summed E-state index contributed by atoms with van der Waals surface area (Å²) in [6.07, 6.45) is 0. The second kappa shape index (κ2) is 17.9. The number of benzene rings is 12. The van der Waals surface area contributed by atoms with Crippen LogP contribution in [-0.4, -0.2) is 9.13 Å². The molecule has 0 saturated heterocycles. The minimum absolute atomic E-state index is 0.610. The summed E-state index contributed by atoms with van der Waals surface area (Å²) in [6.45, 7) is 5.03. The van der Waals surface area contributed by atoms with E-state index in [2.05, 4.69) is 314 Å². The van der Waals surface area contributed by atoms with Crippen molar-refractivity contribution < 1.29 is 0 Å². The predicted molar refractivity (Wildman–Crippen MR) is 327 cm³/mol. The van der Waals surface area contributed by atoms with Crippen LogP contribution in [0.25, 0.3) is 99.5 Å². The van der Waals surface area contributed by atoms with Crippen LogP contribution < -0.4 is 0 Å². The first-order valence-corrected chi connectivity index (χ1v) is 27.2. The Balaban J connectivity index is 1.07. The molecule has 14 aromatic rings. The van der Waals surface area contributed by atoms with Gasteiger partial charge in [0, 0.05) is 43.7 Å². The lowest BCUT2D eigenvalue weighted by Crippen LogP contribution is -2.41. The summed E-state index contributed by atoms with van der Waals surface area (Å²) < 4.78 is 5.07. The van der Waals surface area contributed by atoms with E-state index in [1.54, 1.807) is 0 Å². The smallest absolute Gasteiger partial charge is 0.0544 e. The Morgan fingerprint density at radius 3 is 0.846 bits per heavy atom. The first-order chi connectivity index (χ1) is 38.5. The predicted octanol–water partition coefficient (Wildman–Crippen LogP) is 19.6. The summed E-state index contributed by atoms with van der Waals surface area (Å²) in [6, 6.07) is 108. The Morgan fingerprint density at radius 2 is 0.526 bits per heavy atom. The molecule has 0 saturated carbocycles. The lowest BCUT2D eigenvalue weighted by atomic mass is 9.54. The molecule has 78 heavy (non-hydrogen) atoms. The van der Waals surface area contributed by atoms with Crippen LogP contribution >= 0.6 is 0 Å². The van der Waals surface area contributed by atoms with Crippen LogP contribution in [0.2, 0.25) is 0 Å². The van der Waals surface area contributed by atoms with Gasteiger partial charge in [-0.1, -0.05) is 231 Å². The van der Waals surface area contributed by atoms with Gasteiger partial charge < -0.3 is 9.13 Å². The minimum atomic E-state index is -0.610. The first kappa shape index (κ1) is 45.6. The van der Waals surface area contributed by atoms with E-state index in [1.165, 1.54) is 122 Å². The lowest BCUT2D eigenvalue weighted by molar-refractivity contribution is 0.577. The van der Waals surface area contributed by atoms with E-state index in [4.69, 9.17) is 0 Å². The molecule has 1 aliphatic carbocycles. The number of fused-ring (bicyclic) bond motifs is 10. The van der Waals surface area contributed by atoms with Crippen molar-refractivity contribution in [2.45, 2.75) is 24.7 Å². The van der Waals surface area contributed by atoms with Crippen LogP contribution in [-0.2, 0) is 10.8 Å². The Hall–Kier alpha value is -9.76. The quantitative estimate of drug-likeness (QED) is 0.144.